The van der Waals surface area contributed by atoms with Gasteiger partial charge in [0.1, 0.15) is 41.2 Å². The summed E-state index contributed by atoms with van der Waals surface area (Å²) in [4.78, 5) is 94.9. The molecule has 1 aromatic carbocycles. The maximum Gasteiger partial charge on any atom is 0.408 e. The molecule has 51 heavy (non-hydrogen) atoms. The number of amides is 4. The van der Waals surface area contributed by atoms with E-state index in [1.54, 1.807) is 20.8 Å². The number of likely N-dealkylation sites (tertiary alicyclic amines) is 2. The summed E-state index contributed by atoms with van der Waals surface area (Å²) in [6.07, 6.45) is -2.12. The van der Waals surface area contributed by atoms with Gasteiger partial charge < -0.3 is 39.4 Å². The van der Waals surface area contributed by atoms with Crippen molar-refractivity contribution < 1.29 is 56.9 Å². The minimum Gasteiger partial charge on any atom is -0.467 e. The molecule has 2 N–H and O–H groups in total. The Bertz CT molecular complexity index is 1480. The minimum absolute atomic E-state index is 0.0757. The van der Waals surface area contributed by atoms with E-state index < -0.39 is 89.0 Å². The molecular formula is C35H49FN4O11. The highest BCUT2D eigenvalue weighted by molar-refractivity contribution is 5.98. The van der Waals surface area contributed by atoms with Gasteiger partial charge in [-0.1, -0.05) is 12.1 Å². The Balaban J connectivity index is 2.01. The van der Waals surface area contributed by atoms with Crippen LogP contribution in [0.2, 0.25) is 0 Å². The predicted octanol–water partition coefficient (Wildman–Crippen LogP) is 2.17. The highest BCUT2D eigenvalue weighted by atomic mass is 19.1. The predicted molar refractivity (Wildman–Crippen MR) is 178 cm³/mol. The molecule has 16 heteroatoms. The standard InChI is InChI=1S/C35H49FN4O11/c1-20(49-22(3)41)27(38-33(47)51-34(5,6)7)30(44)39-17-9-11-26(39)29(43)40-18-10-16-35(40,19-24-12-14-25(36)15-13-24)32(46)37-28(31(45)48-8)21(2)50-23(4)42/h12-15,20-21,26-28H,9-11,16-19H2,1-8H3,(H,37,46)(H,38,47)/t20-,21-,26+,27+,28-,35-/m1/s1. The van der Waals surface area contributed by atoms with Crippen molar-refractivity contribution in [2.45, 2.75) is 122 Å². The highest BCUT2D eigenvalue weighted by Gasteiger charge is 2.54. The molecule has 282 valence electrons. The first kappa shape index (κ1) is 40.7. The van der Waals surface area contributed by atoms with Crippen molar-refractivity contribution in [3.05, 3.63) is 35.6 Å². The summed E-state index contributed by atoms with van der Waals surface area (Å²) in [6.45, 7) is 10.3. The van der Waals surface area contributed by atoms with Crippen LogP contribution < -0.4 is 10.6 Å². The summed E-state index contributed by atoms with van der Waals surface area (Å²) in [6, 6.07) is 1.51. The van der Waals surface area contributed by atoms with Gasteiger partial charge in [0.05, 0.1) is 7.11 Å². The van der Waals surface area contributed by atoms with Crippen molar-refractivity contribution >= 4 is 41.7 Å². The number of rotatable bonds is 12. The summed E-state index contributed by atoms with van der Waals surface area (Å²) in [5, 5.41) is 5.13. The molecule has 2 heterocycles. The van der Waals surface area contributed by atoms with E-state index in [0.29, 0.717) is 18.4 Å². The summed E-state index contributed by atoms with van der Waals surface area (Å²) in [7, 11) is 1.11. The minimum atomic E-state index is -1.62. The smallest absolute Gasteiger partial charge is 0.408 e. The Morgan fingerprint density at radius 2 is 1.49 bits per heavy atom. The van der Waals surface area contributed by atoms with Gasteiger partial charge in [-0.25, -0.2) is 14.0 Å². The van der Waals surface area contributed by atoms with Crippen molar-refractivity contribution in [2.75, 3.05) is 20.2 Å². The van der Waals surface area contributed by atoms with Gasteiger partial charge in [0.25, 0.3) is 0 Å². The number of carbonyl (C=O) groups excluding carboxylic acids is 7. The van der Waals surface area contributed by atoms with E-state index in [0.717, 1.165) is 21.0 Å². The summed E-state index contributed by atoms with van der Waals surface area (Å²) >= 11 is 0. The number of carbonyl (C=O) groups is 7. The van der Waals surface area contributed by atoms with E-state index in [-0.39, 0.29) is 32.4 Å². The maximum absolute atomic E-state index is 14.6. The van der Waals surface area contributed by atoms with Gasteiger partial charge in [-0.2, -0.15) is 0 Å². The molecule has 15 nitrogen and oxygen atoms in total. The molecule has 2 saturated heterocycles. The number of alkyl carbamates (subject to hydrolysis) is 1. The first-order valence-electron chi connectivity index (χ1n) is 16.9. The Labute approximate surface area is 296 Å². The van der Waals surface area contributed by atoms with Crippen LogP contribution in [0.5, 0.6) is 0 Å². The molecule has 0 aromatic heterocycles. The summed E-state index contributed by atoms with van der Waals surface area (Å²) in [5.74, 6) is -4.78. The van der Waals surface area contributed by atoms with E-state index in [4.69, 9.17) is 18.9 Å². The normalized spacial score (nSPS) is 21.1. The van der Waals surface area contributed by atoms with E-state index in [1.165, 1.54) is 47.9 Å². The largest absolute Gasteiger partial charge is 0.467 e. The van der Waals surface area contributed by atoms with Crippen LogP contribution >= 0.6 is 0 Å². The molecule has 3 rings (SSSR count). The molecule has 0 spiro atoms. The fourth-order valence-corrected chi connectivity index (χ4v) is 6.53. The third kappa shape index (κ3) is 10.4. The lowest BCUT2D eigenvalue weighted by molar-refractivity contribution is -0.159. The molecule has 4 amide bonds. The molecule has 2 aliphatic heterocycles. The second-order valence-corrected chi connectivity index (χ2v) is 13.8. The molecule has 0 aliphatic carbocycles. The average molecular weight is 721 g/mol. The van der Waals surface area contributed by atoms with E-state index in [1.807, 2.05) is 0 Å². The Hall–Kier alpha value is -4.76. The quantitative estimate of drug-likeness (QED) is 0.238. The highest BCUT2D eigenvalue weighted by Crippen LogP contribution is 2.36. The number of hydrogen-bond acceptors (Lipinski definition) is 11. The van der Waals surface area contributed by atoms with Crippen LogP contribution in [-0.4, -0.2) is 113 Å². The number of nitrogens with zero attached hydrogens (tertiary/aromatic N) is 2. The Morgan fingerprint density at radius 1 is 0.902 bits per heavy atom. The SMILES string of the molecule is COC(=O)[C@H](NC(=O)[C@]1(Cc2ccc(F)cc2)CCCN1C(=O)[C@@H]1CCCN1C(=O)[C@@H](NC(=O)OC(C)(C)C)[C@@H](C)OC(C)=O)[C@@H](C)OC(C)=O. The molecule has 0 radical (unpaired) electrons. The van der Waals surface area contributed by atoms with Gasteiger partial charge in [0, 0.05) is 33.4 Å². The first-order valence-corrected chi connectivity index (χ1v) is 16.9. The average Bonchev–Trinajstić information content (AvgIpc) is 3.69. The molecular weight excluding hydrogens is 671 g/mol. The Morgan fingerprint density at radius 3 is 2.04 bits per heavy atom. The number of benzene rings is 1. The first-order chi connectivity index (χ1) is 23.8. The summed E-state index contributed by atoms with van der Waals surface area (Å²) < 4.78 is 34.6. The van der Waals surface area contributed by atoms with Crippen LogP contribution in [0.15, 0.2) is 24.3 Å². The van der Waals surface area contributed by atoms with Crippen LogP contribution in [0.1, 0.15) is 79.7 Å². The van der Waals surface area contributed by atoms with Gasteiger partial charge in [0.15, 0.2) is 6.04 Å². The van der Waals surface area contributed by atoms with Crippen molar-refractivity contribution in [1.82, 2.24) is 20.4 Å². The lowest BCUT2D eigenvalue weighted by atomic mass is 9.86. The number of ether oxygens (including phenoxy) is 4. The van der Waals surface area contributed by atoms with Crippen LogP contribution in [0, 0.1) is 5.82 Å². The van der Waals surface area contributed by atoms with E-state index >= 15 is 0 Å². The second-order valence-electron chi connectivity index (χ2n) is 13.8. The van der Waals surface area contributed by atoms with Crippen molar-refractivity contribution in [3.8, 4) is 0 Å². The molecule has 0 bridgehead atoms. The topological polar surface area (TPSA) is 187 Å². The number of hydrogen-bond donors (Lipinski definition) is 2. The van der Waals surface area contributed by atoms with Gasteiger partial charge >= 0.3 is 24.0 Å². The van der Waals surface area contributed by atoms with Gasteiger partial charge in [-0.3, -0.25) is 24.0 Å². The lowest BCUT2D eigenvalue weighted by Crippen LogP contribution is -2.65. The zero-order valence-electron chi connectivity index (χ0n) is 30.4. The number of nitrogens with one attached hydrogen (secondary N) is 2. The second kappa shape index (κ2) is 17.0. The number of methoxy groups -OCH3 is 1. The summed E-state index contributed by atoms with van der Waals surface area (Å²) in [5.41, 5.74) is -2.00. The monoisotopic (exact) mass is 720 g/mol. The van der Waals surface area contributed by atoms with Gasteiger partial charge in [-0.05, 0) is 78.0 Å². The van der Waals surface area contributed by atoms with Gasteiger partial charge in [0.2, 0.25) is 17.7 Å². The number of halogens is 1. The molecule has 2 aliphatic rings. The molecule has 6 atom stereocenters. The van der Waals surface area contributed by atoms with Crippen LogP contribution in [0.3, 0.4) is 0 Å². The molecule has 0 saturated carbocycles. The van der Waals surface area contributed by atoms with Crippen molar-refractivity contribution in [2.24, 2.45) is 0 Å². The third-order valence-electron chi connectivity index (χ3n) is 8.73. The van der Waals surface area contributed by atoms with Crippen LogP contribution in [-0.2, 0) is 54.1 Å². The van der Waals surface area contributed by atoms with Crippen LogP contribution in [0.25, 0.3) is 0 Å². The third-order valence-corrected chi connectivity index (χ3v) is 8.73. The molecule has 1 aromatic rings. The zero-order valence-corrected chi connectivity index (χ0v) is 30.4. The van der Waals surface area contributed by atoms with Crippen molar-refractivity contribution in [1.29, 1.82) is 0 Å². The van der Waals surface area contributed by atoms with Crippen LogP contribution in [0.4, 0.5) is 9.18 Å². The van der Waals surface area contributed by atoms with E-state index in [9.17, 15) is 38.0 Å². The number of esters is 3. The fourth-order valence-electron chi connectivity index (χ4n) is 6.53. The Kier molecular flexibility index (Phi) is 13.5. The van der Waals surface area contributed by atoms with E-state index in [2.05, 4.69) is 10.6 Å². The molecule has 0 unspecified atom stereocenters. The fraction of sp³-hybridized carbons (Fsp3) is 0.629. The maximum atomic E-state index is 14.6. The lowest BCUT2D eigenvalue weighted by Gasteiger charge is -2.41. The zero-order chi connectivity index (χ0) is 38.3. The molecule has 2 fully saturated rings. The van der Waals surface area contributed by atoms with Gasteiger partial charge in [-0.15, -0.1) is 0 Å². The van der Waals surface area contributed by atoms with Crippen molar-refractivity contribution in [3.63, 3.8) is 0 Å².